The van der Waals surface area contributed by atoms with Gasteiger partial charge in [0, 0.05) is 17.8 Å². The Morgan fingerprint density at radius 1 is 1.11 bits per heavy atom. The fraction of sp³-hybridized carbons (Fsp3) is 0.393. The maximum atomic E-state index is 14.7. The van der Waals surface area contributed by atoms with E-state index in [1.807, 2.05) is 19.1 Å². The van der Waals surface area contributed by atoms with E-state index in [2.05, 4.69) is 15.6 Å². The Balaban J connectivity index is 1.84. The van der Waals surface area contributed by atoms with Gasteiger partial charge in [-0.25, -0.2) is 4.39 Å². The first-order valence-corrected chi connectivity index (χ1v) is 12.8. The molecule has 0 bridgehead atoms. The Morgan fingerprint density at radius 2 is 1.82 bits per heavy atom. The number of nitrogens with zero attached hydrogens (tertiary/aromatic N) is 1. The number of carbonyl (C=O) groups is 2. The number of aromatic nitrogens is 1. The summed E-state index contributed by atoms with van der Waals surface area (Å²) < 4.78 is 55.9. The third kappa shape index (κ3) is 6.43. The standard InChI is InChI=1S/C28H28ClF4N3O2/c1-17-5-4-8-23(11-17)35-25(37)15-27(24-10-9-21(29)16-34-24,36-26(38)18-6-2-3-7-18)19-12-20(28(31,32)33)14-22(30)13-19/h4-5,8-10,12-14,16-18H,2-3,6-7,11,15H2,1H3,(H,35,37)(H,36,38)/t17?,27-/m0/s1. The number of hydrogen-bond acceptors (Lipinski definition) is 3. The minimum Gasteiger partial charge on any atom is -0.340 e. The average molecular weight is 550 g/mol. The number of hydrogen-bond donors (Lipinski definition) is 2. The molecule has 38 heavy (non-hydrogen) atoms. The topological polar surface area (TPSA) is 71.1 Å². The molecule has 0 aliphatic heterocycles. The van der Waals surface area contributed by atoms with Crippen molar-refractivity contribution in [2.75, 3.05) is 0 Å². The van der Waals surface area contributed by atoms with Crippen molar-refractivity contribution < 1.29 is 27.2 Å². The maximum Gasteiger partial charge on any atom is 0.416 e. The highest BCUT2D eigenvalue weighted by Gasteiger charge is 2.43. The smallest absolute Gasteiger partial charge is 0.340 e. The first kappa shape index (κ1) is 27.8. The summed E-state index contributed by atoms with van der Waals surface area (Å²) >= 11 is 6.02. The molecule has 2 amide bonds. The lowest BCUT2D eigenvalue weighted by molar-refractivity contribution is -0.137. The van der Waals surface area contributed by atoms with Gasteiger partial charge >= 0.3 is 6.18 Å². The second-order valence-electron chi connectivity index (χ2n) is 9.95. The van der Waals surface area contributed by atoms with Crippen molar-refractivity contribution in [3.05, 3.63) is 88.1 Å². The lowest BCUT2D eigenvalue weighted by atomic mass is 9.81. The van der Waals surface area contributed by atoms with Crippen molar-refractivity contribution in [2.24, 2.45) is 11.8 Å². The molecule has 4 rings (SSSR count). The van der Waals surface area contributed by atoms with Crippen LogP contribution in [-0.4, -0.2) is 16.8 Å². The van der Waals surface area contributed by atoms with E-state index in [-0.39, 0.29) is 28.1 Å². The molecule has 10 heteroatoms. The molecule has 1 saturated carbocycles. The summed E-state index contributed by atoms with van der Waals surface area (Å²) in [6.07, 6.45) is 4.86. The molecule has 5 nitrogen and oxygen atoms in total. The predicted octanol–water partition coefficient (Wildman–Crippen LogP) is 6.43. The highest BCUT2D eigenvalue weighted by Crippen LogP contribution is 2.39. The van der Waals surface area contributed by atoms with E-state index >= 15 is 0 Å². The first-order valence-electron chi connectivity index (χ1n) is 12.5. The normalized spacial score (nSPS) is 19.5. The molecule has 0 spiro atoms. The molecule has 1 aromatic heterocycles. The van der Waals surface area contributed by atoms with Gasteiger partial charge in [-0.15, -0.1) is 0 Å². The van der Waals surface area contributed by atoms with Crippen LogP contribution < -0.4 is 10.6 Å². The van der Waals surface area contributed by atoms with Crippen molar-refractivity contribution in [1.82, 2.24) is 15.6 Å². The van der Waals surface area contributed by atoms with Crippen molar-refractivity contribution in [3.8, 4) is 0 Å². The van der Waals surface area contributed by atoms with E-state index in [9.17, 15) is 27.2 Å². The van der Waals surface area contributed by atoms with Gasteiger partial charge in [-0.1, -0.05) is 43.5 Å². The number of pyridine rings is 1. The van der Waals surface area contributed by atoms with Gasteiger partial charge in [-0.2, -0.15) is 13.2 Å². The molecule has 2 N–H and O–H groups in total. The predicted molar refractivity (Wildman–Crippen MR) is 135 cm³/mol. The molecule has 0 radical (unpaired) electrons. The summed E-state index contributed by atoms with van der Waals surface area (Å²) in [7, 11) is 0. The Bertz CT molecular complexity index is 1250. The Morgan fingerprint density at radius 3 is 2.45 bits per heavy atom. The van der Waals surface area contributed by atoms with Crippen LogP contribution in [-0.2, 0) is 21.3 Å². The van der Waals surface area contributed by atoms with Crippen molar-refractivity contribution >= 4 is 23.4 Å². The molecule has 0 saturated heterocycles. The lowest BCUT2D eigenvalue weighted by Gasteiger charge is -2.36. The third-order valence-corrected chi connectivity index (χ3v) is 7.17. The summed E-state index contributed by atoms with van der Waals surface area (Å²) in [6.45, 7) is 1.98. The minimum atomic E-state index is -4.86. The SMILES string of the molecule is CC1C=CC=C(NC(=O)C[C@](NC(=O)C2CCCC2)(c2cc(F)cc(C(F)(F)F)c2)c2ccc(Cl)cn2)C1. The number of halogens is 5. The number of nitrogens with one attached hydrogen (secondary N) is 2. The van der Waals surface area contributed by atoms with Crippen molar-refractivity contribution in [3.63, 3.8) is 0 Å². The first-order chi connectivity index (χ1) is 18.0. The molecule has 1 fully saturated rings. The molecule has 2 atom stereocenters. The van der Waals surface area contributed by atoms with E-state index < -0.39 is 41.3 Å². The van der Waals surface area contributed by atoms with Gasteiger partial charge in [0.15, 0.2) is 0 Å². The number of allylic oxidation sites excluding steroid dienone is 4. The zero-order chi connectivity index (χ0) is 27.5. The zero-order valence-electron chi connectivity index (χ0n) is 20.7. The minimum absolute atomic E-state index is 0.0630. The summed E-state index contributed by atoms with van der Waals surface area (Å²) in [5.74, 6) is -2.36. The van der Waals surface area contributed by atoms with Gasteiger partial charge in [0.1, 0.15) is 11.4 Å². The Kier molecular flexibility index (Phi) is 8.25. The molecule has 1 unspecified atom stereocenters. The lowest BCUT2D eigenvalue weighted by Crippen LogP contribution is -2.52. The molecule has 1 heterocycles. The van der Waals surface area contributed by atoms with Gasteiger partial charge in [-0.05, 0) is 67.2 Å². The van der Waals surface area contributed by atoms with Crippen molar-refractivity contribution in [2.45, 2.75) is 57.2 Å². The fourth-order valence-corrected chi connectivity index (χ4v) is 5.16. The number of rotatable bonds is 7. The monoisotopic (exact) mass is 549 g/mol. The molecular formula is C28H28ClF4N3O2. The van der Waals surface area contributed by atoms with Crippen LogP contribution in [0.1, 0.15) is 62.3 Å². The average Bonchev–Trinajstić information content (AvgIpc) is 3.38. The van der Waals surface area contributed by atoms with E-state index in [1.165, 1.54) is 18.3 Å². The van der Waals surface area contributed by atoms with Crippen LogP contribution in [0.15, 0.2) is 60.5 Å². The van der Waals surface area contributed by atoms with Crippen LogP contribution in [0.5, 0.6) is 0 Å². The van der Waals surface area contributed by atoms with Gasteiger partial charge in [0.2, 0.25) is 11.8 Å². The van der Waals surface area contributed by atoms with Crippen LogP contribution >= 0.6 is 11.6 Å². The van der Waals surface area contributed by atoms with Gasteiger partial charge in [0.25, 0.3) is 0 Å². The number of amides is 2. The summed E-state index contributed by atoms with van der Waals surface area (Å²) in [4.78, 5) is 31.1. The Hall–Kier alpha value is -3.20. The molecule has 2 aliphatic carbocycles. The van der Waals surface area contributed by atoms with Crippen LogP contribution in [0.25, 0.3) is 0 Å². The number of benzene rings is 1. The Labute approximate surface area is 223 Å². The van der Waals surface area contributed by atoms with E-state index in [0.29, 0.717) is 31.0 Å². The molecular weight excluding hydrogens is 522 g/mol. The summed E-state index contributed by atoms with van der Waals surface area (Å²) in [5, 5.41) is 5.89. The molecule has 202 valence electrons. The van der Waals surface area contributed by atoms with Gasteiger partial charge in [0.05, 0.1) is 22.7 Å². The second-order valence-corrected chi connectivity index (χ2v) is 10.4. The highest BCUT2D eigenvalue weighted by atomic mass is 35.5. The van der Waals surface area contributed by atoms with E-state index in [1.54, 1.807) is 6.08 Å². The maximum absolute atomic E-state index is 14.7. The van der Waals surface area contributed by atoms with E-state index in [4.69, 9.17) is 11.6 Å². The van der Waals surface area contributed by atoms with Gasteiger partial charge in [-0.3, -0.25) is 14.6 Å². The molecule has 2 aromatic rings. The molecule has 2 aliphatic rings. The summed E-state index contributed by atoms with van der Waals surface area (Å²) in [6, 6.07) is 4.92. The van der Waals surface area contributed by atoms with Crippen LogP contribution in [0.4, 0.5) is 17.6 Å². The fourth-order valence-electron chi connectivity index (χ4n) is 5.05. The van der Waals surface area contributed by atoms with E-state index in [0.717, 1.165) is 25.0 Å². The third-order valence-electron chi connectivity index (χ3n) is 6.95. The summed E-state index contributed by atoms with van der Waals surface area (Å²) in [5.41, 5.74) is -2.69. The largest absolute Gasteiger partial charge is 0.416 e. The quantitative estimate of drug-likeness (QED) is 0.391. The second kappa shape index (κ2) is 11.3. The van der Waals surface area contributed by atoms with Crippen LogP contribution in [0, 0.1) is 17.7 Å². The van der Waals surface area contributed by atoms with Crippen LogP contribution in [0.3, 0.4) is 0 Å². The zero-order valence-corrected chi connectivity index (χ0v) is 21.5. The van der Waals surface area contributed by atoms with Gasteiger partial charge < -0.3 is 10.6 Å². The number of carbonyl (C=O) groups excluding carboxylic acids is 2. The molecule has 1 aromatic carbocycles. The van der Waals surface area contributed by atoms with Crippen LogP contribution in [0.2, 0.25) is 5.02 Å². The van der Waals surface area contributed by atoms with Crippen molar-refractivity contribution in [1.29, 1.82) is 0 Å². The number of alkyl halides is 3. The highest BCUT2D eigenvalue weighted by molar-refractivity contribution is 6.30.